The summed E-state index contributed by atoms with van der Waals surface area (Å²) in [5.41, 5.74) is -0.297. The first-order chi connectivity index (χ1) is 15.5. The second-order valence-electron chi connectivity index (χ2n) is 7.50. The molecule has 3 atom stereocenters. The number of hydrogen-bond acceptors (Lipinski definition) is 6. The third-order valence-corrected chi connectivity index (χ3v) is 5.15. The van der Waals surface area contributed by atoms with Crippen LogP contribution in [0.15, 0.2) is 91.0 Å². The predicted molar refractivity (Wildman–Crippen MR) is 119 cm³/mol. The maximum absolute atomic E-state index is 12.5. The van der Waals surface area contributed by atoms with Crippen molar-refractivity contribution in [2.45, 2.75) is 30.8 Å². The summed E-state index contributed by atoms with van der Waals surface area (Å²) >= 11 is 0. The Balaban J connectivity index is 1.78. The van der Waals surface area contributed by atoms with Gasteiger partial charge in [-0.05, 0) is 23.3 Å². The SMILES string of the molecule is O=C[C@H](OC(=O)c1ccccc1)[C@](O)(Cc1ccccc1)[C@H](O)COCc1ccccc1. The lowest BCUT2D eigenvalue weighted by atomic mass is 9.84. The van der Waals surface area contributed by atoms with Crippen molar-refractivity contribution in [2.75, 3.05) is 6.61 Å². The molecule has 0 unspecified atom stereocenters. The molecule has 0 aliphatic rings. The highest BCUT2D eigenvalue weighted by molar-refractivity contribution is 5.90. The minimum Gasteiger partial charge on any atom is -0.448 e. The third-order valence-electron chi connectivity index (χ3n) is 5.15. The summed E-state index contributed by atoms with van der Waals surface area (Å²) in [5.74, 6) is -0.772. The van der Waals surface area contributed by atoms with E-state index in [9.17, 15) is 19.8 Å². The van der Waals surface area contributed by atoms with E-state index >= 15 is 0 Å². The number of benzene rings is 3. The first kappa shape index (κ1) is 23.3. The fourth-order valence-electron chi connectivity index (χ4n) is 3.34. The molecule has 0 saturated heterocycles. The average molecular weight is 434 g/mol. The summed E-state index contributed by atoms with van der Waals surface area (Å²) < 4.78 is 10.9. The number of hydrogen-bond donors (Lipinski definition) is 2. The molecule has 0 amide bonds. The standard InChI is InChI=1S/C26H26O6/c27-17-24(32-25(29)22-14-8-3-9-15-22)26(30,16-20-10-4-1-5-11-20)23(28)19-31-18-21-12-6-2-7-13-21/h1-15,17,23-24,28,30H,16,18-19H2/t23-,24+,26+/m1/s1. The van der Waals surface area contributed by atoms with Gasteiger partial charge in [0.15, 0.2) is 12.4 Å². The van der Waals surface area contributed by atoms with Crippen molar-refractivity contribution in [3.63, 3.8) is 0 Å². The summed E-state index contributed by atoms with van der Waals surface area (Å²) in [5, 5.41) is 22.3. The van der Waals surface area contributed by atoms with Gasteiger partial charge in [-0.3, -0.25) is 4.79 Å². The summed E-state index contributed by atoms with van der Waals surface area (Å²) in [6.45, 7) is -0.0413. The van der Waals surface area contributed by atoms with Crippen LogP contribution in [0.4, 0.5) is 0 Å². The molecule has 166 valence electrons. The van der Waals surface area contributed by atoms with Crippen molar-refractivity contribution in [2.24, 2.45) is 0 Å². The van der Waals surface area contributed by atoms with E-state index in [2.05, 4.69) is 0 Å². The maximum Gasteiger partial charge on any atom is 0.338 e. The Morgan fingerprint density at radius 2 is 1.41 bits per heavy atom. The summed E-state index contributed by atoms with van der Waals surface area (Å²) in [7, 11) is 0. The van der Waals surface area contributed by atoms with Crippen molar-refractivity contribution in [3.8, 4) is 0 Å². The third kappa shape index (κ3) is 6.11. The largest absolute Gasteiger partial charge is 0.448 e. The van der Waals surface area contributed by atoms with Crippen LogP contribution in [-0.2, 0) is 27.3 Å². The van der Waals surface area contributed by atoms with Gasteiger partial charge in [-0.2, -0.15) is 0 Å². The van der Waals surface area contributed by atoms with Gasteiger partial charge in [0.25, 0.3) is 0 Å². The molecule has 0 spiro atoms. The number of ether oxygens (including phenoxy) is 2. The highest BCUT2D eigenvalue weighted by atomic mass is 16.6. The summed E-state index contributed by atoms with van der Waals surface area (Å²) in [4.78, 5) is 24.4. The van der Waals surface area contributed by atoms with Gasteiger partial charge >= 0.3 is 5.97 Å². The van der Waals surface area contributed by atoms with Crippen molar-refractivity contribution in [3.05, 3.63) is 108 Å². The first-order valence-corrected chi connectivity index (χ1v) is 10.3. The minimum atomic E-state index is -2.09. The van der Waals surface area contributed by atoms with Gasteiger partial charge in [0.1, 0.15) is 11.7 Å². The molecule has 32 heavy (non-hydrogen) atoms. The Morgan fingerprint density at radius 1 is 0.875 bits per heavy atom. The van der Waals surface area contributed by atoms with Gasteiger partial charge in [-0.15, -0.1) is 0 Å². The summed E-state index contributed by atoms with van der Waals surface area (Å²) in [6.07, 6.45) is -2.88. The van der Waals surface area contributed by atoms with Crippen LogP contribution in [0.1, 0.15) is 21.5 Å². The van der Waals surface area contributed by atoms with Gasteiger partial charge < -0.3 is 19.7 Å². The molecule has 0 aliphatic carbocycles. The van der Waals surface area contributed by atoms with E-state index in [1.807, 2.05) is 36.4 Å². The van der Waals surface area contributed by atoms with Crippen LogP contribution in [0.3, 0.4) is 0 Å². The average Bonchev–Trinajstić information content (AvgIpc) is 2.84. The molecule has 3 aromatic carbocycles. The highest BCUT2D eigenvalue weighted by Crippen LogP contribution is 2.25. The van der Waals surface area contributed by atoms with Crippen molar-refractivity contribution in [1.82, 2.24) is 0 Å². The van der Waals surface area contributed by atoms with Crippen LogP contribution in [0.2, 0.25) is 0 Å². The Labute approximate surface area is 187 Å². The molecular weight excluding hydrogens is 408 g/mol. The van der Waals surface area contributed by atoms with E-state index in [4.69, 9.17) is 9.47 Å². The molecule has 0 radical (unpaired) electrons. The van der Waals surface area contributed by atoms with Crippen molar-refractivity contribution < 1.29 is 29.3 Å². The summed E-state index contributed by atoms with van der Waals surface area (Å²) in [6, 6.07) is 26.4. The van der Waals surface area contributed by atoms with E-state index in [0.717, 1.165) is 5.56 Å². The van der Waals surface area contributed by atoms with Crippen LogP contribution in [0.25, 0.3) is 0 Å². The number of aliphatic hydroxyl groups excluding tert-OH is 1. The lowest BCUT2D eigenvalue weighted by molar-refractivity contribution is -0.168. The molecule has 3 aromatic rings. The molecule has 2 N–H and O–H groups in total. The van der Waals surface area contributed by atoms with Gasteiger partial charge in [0.2, 0.25) is 0 Å². The van der Waals surface area contributed by atoms with Crippen LogP contribution < -0.4 is 0 Å². The molecule has 6 nitrogen and oxygen atoms in total. The smallest absolute Gasteiger partial charge is 0.338 e. The molecule has 3 rings (SSSR count). The molecule has 0 aliphatic heterocycles. The Kier molecular flexibility index (Phi) is 8.27. The van der Waals surface area contributed by atoms with Crippen LogP contribution in [-0.4, -0.2) is 46.9 Å². The maximum atomic E-state index is 12.5. The number of carbonyl (C=O) groups excluding carboxylic acids is 2. The van der Waals surface area contributed by atoms with Crippen molar-refractivity contribution in [1.29, 1.82) is 0 Å². The Hall–Kier alpha value is -3.32. The zero-order valence-corrected chi connectivity index (χ0v) is 17.5. The second kappa shape index (κ2) is 11.3. The fourth-order valence-corrected chi connectivity index (χ4v) is 3.34. The number of aliphatic hydroxyl groups is 2. The first-order valence-electron chi connectivity index (χ1n) is 10.3. The molecule has 6 heteroatoms. The molecular formula is C26H26O6. The van der Waals surface area contributed by atoms with E-state index in [-0.39, 0.29) is 25.2 Å². The predicted octanol–water partition coefficient (Wildman–Crippen LogP) is 2.96. The van der Waals surface area contributed by atoms with E-state index in [1.165, 1.54) is 0 Å². The number of esters is 1. The van der Waals surface area contributed by atoms with E-state index in [1.54, 1.807) is 54.6 Å². The second-order valence-corrected chi connectivity index (χ2v) is 7.50. The molecule has 0 saturated carbocycles. The van der Waals surface area contributed by atoms with E-state index in [0.29, 0.717) is 11.8 Å². The quantitative estimate of drug-likeness (QED) is 0.356. The lowest BCUT2D eigenvalue weighted by Gasteiger charge is -2.36. The van der Waals surface area contributed by atoms with Crippen LogP contribution in [0, 0.1) is 0 Å². The van der Waals surface area contributed by atoms with E-state index < -0.39 is 23.8 Å². The molecule has 0 heterocycles. The number of aldehydes is 1. The Bertz CT molecular complexity index is 977. The van der Waals surface area contributed by atoms with Crippen molar-refractivity contribution >= 4 is 12.3 Å². The van der Waals surface area contributed by atoms with Crippen LogP contribution in [0.5, 0.6) is 0 Å². The zero-order valence-electron chi connectivity index (χ0n) is 17.5. The molecule has 0 aromatic heterocycles. The topological polar surface area (TPSA) is 93.1 Å². The highest BCUT2D eigenvalue weighted by Gasteiger charge is 2.46. The minimum absolute atomic E-state index is 0.116. The zero-order chi connectivity index (χ0) is 22.8. The van der Waals surface area contributed by atoms with Gasteiger partial charge in [0, 0.05) is 6.42 Å². The molecule has 0 fully saturated rings. The monoisotopic (exact) mass is 434 g/mol. The molecule has 0 bridgehead atoms. The number of carbonyl (C=O) groups is 2. The van der Waals surface area contributed by atoms with Gasteiger partial charge in [-0.25, -0.2) is 4.79 Å². The Morgan fingerprint density at radius 3 is 1.97 bits per heavy atom. The number of rotatable bonds is 11. The van der Waals surface area contributed by atoms with Gasteiger partial charge in [-0.1, -0.05) is 78.9 Å². The fraction of sp³-hybridized carbons (Fsp3) is 0.231. The normalized spacial score (nSPS) is 14.7. The van der Waals surface area contributed by atoms with Gasteiger partial charge in [0.05, 0.1) is 18.8 Å². The lowest BCUT2D eigenvalue weighted by Crippen LogP contribution is -2.57. The van der Waals surface area contributed by atoms with Crippen LogP contribution >= 0.6 is 0 Å².